The molecule has 8 nitrogen and oxygen atoms in total. The number of benzene rings is 3. The lowest BCUT2D eigenvalue weighted by atomic mass is 9.96. The van der Waals surface area contributed by atoms with Crippen LogP contribution in [0, 0.1) is 5.82 Å². The number of nitrogens with one attached hydrogen (secondary N) is 1. The highest BCUT2D eigenvalue weighted by molar-refractivity contribution is 6.32. The molecule has 4 aromatic rings. The van der Waals surface area contributed by atoms with E-state index >= 15 is 0 Å². The van der Waals surface area contributed by atoms with Crippen molar-refractivity contribution in [2.75, 3.05) is 5.32 Å². The van der Waals surface area contributed by atoms with E-state index in [0.717, 1.165) is 0 Å². The molecular formula is C29H25ClFN3O5. The zero-order valence-electron chi connectivity index (χ0n) is 21.1. The van der Waals surface area contributed by atoms with Crippen molar-refractivity contribution < 1.29 is 28.2 Å². The summed E-state index contributed by atoms with van der Waals surface area (Å²) in [6, 6.07) is 16.5. The van der Waals surface area contributed by atoms with Gasteiger partial charge in [-0.25, -0.2) is 4.39 Å². The molecule has 1 saturated carbocycles. The fourth-order valence-corrected chi connectivity index (χ4v) is 4.56. The van der Waals surface area contributed by atoms with Crippen LogP contribution in [-0.2, 0) is 16.2 Å². The van der Waals surface area contributed by atoms with Crippen LogP contribution < -0.4 is 19.5 Å². The molecule has 200 valence electrons. The highest BCUT2D eigenvalue weighted by Gasteiger charge is 2.22. The summed E-state index contributed by atoms with van der Waals surface area (Å²) in [6.07, 6.45) is 2.13. The highest BCUT2D eigenvalue weighted by atomic mass is 35.5. The molecule has 0 spiro atoms. The summed E-state index contributed by atoms with van der Waals surface area (Å²) in [5.74, 6) is 0.669. The summed E-state index contributed by atoms with van der Waals surface area (Å²) in [7, 11) is 0. The Morgan fingerprint density at radius 3 is 2.59 bits per heavy atom. The second-order valence-corrected chi connectivity index (χ2v) is 9.55. The maximum atomic E-state index is 13.5. The predicted molar refractivity (Wildman–Crippen MR) is 144 cm³/mol. The number of aromatic nitrogens is 2. The average Bonchev–Trinajstić information content (AvgIpc) is 2.89. The van der Waals surface area contributed by atoms with E-state index in [4.69, 9.17) is 25.8 Å². The van der Waals surface area contributed by atoms with E-state index in [0.29, 0.717) is 70.2 Å². The minimum Gasteiger partial charge on any atom is -0.490 e. The van der Waals surface area contributed by atoms with E-state index in [1.54, 1.807) is 42.5 Å². The molecule has 0 aliphatic heterocycles. The Kier molecular flexibility index (Phi) is 7.88. The first-order valence-corrected chi connectivity index (χ1v) is 12.8. The van der Waals surface area contributed by atoms with E-state index in [1.807, 2.05) is 6.07 Å². The van der Waals surface area contributed by atoms with Crippen LogP contribution in [0.15, 0.2) is 60.7 Å². The molecular weight excluding hydrogens is 525 g/mol. The van der Waals surface area contributed by atoms with Crippen LogP contribution in [0.25, 0.3) is 10.9 Å². The van der Waals surface area contributed by atoms with Crippen molar-refractivity contribution in [3.05, 3.63) is 77.1 Å². The van der Waals surface area contributed by atoms with Gasteiger partial charge < -0.3 is 19.5 Å². The Bertz CT molecular complexity index is 1540. The third-order valence-corrected chi connectivity index (χ3v) is 6.46. The van der Waals surface area contributed by atoms with Gasteiger partial charge in [-0.3, -0.25) is 9.59 Å². The minimum absolute atomic E-state index is 0.112. The van der Waals surface area contributed by atoms with Gasteiger partial charge in [-0.2, -0.15) is 9.97 Å². The van der Waals surface area contributed by atoms with Crippen LogP contribution in [0.5, 0.6) is 17.5 Å². The van der Waals surface area contributed by atoms with Crippen LogP contribution in [0.3, 0.4) is 0 Å². The summed E-state index contributed by atoms with van der Waals surface area (Å²) < 4.78 is 30.7. The van der Waals surface area contributed by atoms with E-state index < -0.39 is 5.97 Å². The topological polar surface area (TPSA) is 99.6 Å². The van der Waals surface area contributed by atoms with Crippen LogP contribution in [-0.4, -0.2) is 27.8 Å². The summed E-state index contributed by atoms with van der Waals surface area (Å²) >= 11 is 6.49. The van der Waals surface area contributed by atoms with E-state index in [1.165, 1.54) is 19.1 Å². The molecule has 1 aliphatic carbocycles. The number of hydrogen-bond acceptors (Lipinski definition) is 8. The smallest absolute Gasteiger partial charge is 0.326 e. The van der Waals surface area contributed by atoms with Crippen molar-refractivity contribution in [1.82, 2.24) is 9.97 Å². The van der Waals surface area contributed by atoms with E-state index in [9.17, 15) is 14.0 Å². The largest absolute Gasteiger partial charge is 0.490 e. The number of fused-ring (bicyclic) bond motifs is 1. The quantitative estimate of drug-likeness (QED) is 0.247. The average molecular weight is 550 g/mol. The Labute approximate surface area is 229 Å². The number of carbonyl (C=O) groups is 2. The van der Waals surface area contributed by atoms with Crippen LogP contribution >= 0.6 is 11.6 Å². The van der Waals surface area contributed by atoms with Gasteiger partial charge in [-0.1, -0.05) is 29.8 Å². The molecule has 0 saturated heterocycles. The highest BCUT2D eigenvalue weighted by Crippen LogP contribution is 2.37. The van der Waals surface area contributed by atoms with Gasteiger partial charge in [0.25, 0.3) is 0 Å². The number of rotatable bonds is 8. The third-order valence-electron chi connectivity index (χ3n) is 6.16. The van der Waals surface area contributed by atoms with Gasteiger partial charge in [-0.15, -0.1) is 0 Å². The molecule has 0 radical (unpaired) electrons. The monoisotopic (exact) mass is 549 g/mol. The van der Waals surface area contributed by atoms with Crippen LogP contribution in [0.1, 0.15) is 38.2 Å². The Hall–Kier alpha value is -4.24. The first-order chi connectivity index (χ1) is 18.8. The van der Waals surface area contributed by atoms with Crippen molar-refractivity contribution >= 4 is 45.8 Å². The number of Topliss-reactive ketones (excluding diaryl/α,β-unsaturated/α-hetero) is 1. The molecule has 0 unspecified atom stereocenters. The van der Waals surface area contributed by atoms with Gasteiger partial charge >= 0.3 is 12.0 Å². The fraction of sp³-hybridized carbons (Fsp3) is 0.241. The fourth-order valence-electron chi connectivity index (χ4n) is 4.32. The second-order valence-electron chi connectivity index (χ2n) is 9.14. The standard InChI is InChI=1S/C29H25ClFN3O5/c1-17(35)38-29-33-24-6-3-7-26(39-22-11-9-21(36)10-12-22)27(24)28(34-29)32-20-8-13-25(23(30)15-20)37-16-18-4-2-5-19(31)14-18/h2-8,13-15,22H,9-12,16H2,1H3,(H,32,33,34). The lowest BCUT2D eigenvalue weighted by Crippen LogP contribution is -2.24. The number of nitrogens with zero attached hydrogens (tertiary/aromatic N) is 2. The molecule has 1 N–H and O–H groups in total. The SMILES string of the molecule is CC(=O)Oc1nc(Nc2ccc(OCc3cccc(F)c3)c(Cl)c2)c2c(OC3CCC(=O)CC3)cccc2n1. The third kappa shape index (κ3) is 6.61. The Balaban J connectivity index is 1.43. The first-order valence-electron chi connectivity index (χ1n) is 12.5. The molecule has 1 heterocycles. The number of halogens is 2. The molecule has 0 bridgehead atoms. The number of anilines is 2. The lowest BCUT2D eigenvalue weighted by molar-refractivity contribution is -0.132. The predicted octanol–water partition coefficient (Wildman–Crippen LogP) is 6.56. The van der Waals surface area contributed by atoms with Crippen molar-refractivity contribution in [3.8, 4) is 17.5 Å². The molecule has 1 aromatic heterocycles. The molecule has 1 aliphatic rings. The Morgan fingerprint density at radius 1 is 1.05 bits per heavy atom. The van der Waals surface area contributed by atoms with Gasteiger partial charge in [0.15, 0.2) is 0 Å². The number of carbonyl (C=O) groups excluding carboxylic acids is 2. The first kappa shape index (κ1) is 26.4. The zero-order valence-corrected chi connectivity index (χ0v) is 21.8. The number of ether oxygens (including phenoxy) is 3. The summed E-state index contributed by atoms with van der Waals surface area (Å²) in [6.45, 7) is 1.42. The summed E-state index contributed by atoms with van der Waals surface area (Å²) in [5.41, 5.74) is 1.77. The Morgan fingerprint density at radius 2 is 1.85 bits per heavy atom. The molecule has 0 atom stereocenters. The van der Waals surface area contributed by atoms with Crippen molar-refractivity contribution in [3.63, 3.8) is 0 Å². The van der Waals surface area contributed by atoms with E-state index in [-0.39, 0.29) is 30.3 Å². The zero-order chi connectivity index (χ0) is 27.4. The summed E-state index contributed by atoms with van der Waals surface area (Å²) in [4.78, 5) is 32.1. The van der Waals surface area contributed by atoms with Crippen molar-refractivity contribution in [2.24, 2.45) is 0 Å². The molecule has 3 aromatic carbocycles. The number of ketones is 1. The van der Waals surface area contributed by atoms with Crippen LogP contribution in [0.2, 0.25) is 5.02 Å². The normalized spacial score (nSPS) is 13.8. The molecule has 5 rings (SSSR count). The molecule has 1 fully saturated rings. The van der Waals surface area contributed by atoms with Crippen molar-refractivity contribution in [2.45, 2.75) is 45.3 Å². The number of hydrogen-bond donors (Lipinski definition) is 1. The maximum absolute atomic E-state index is 13.5. The van der Waals surface area contributed by atoms with Gasteiger partial charge in [0.2, 0.25) is 0 Å². The maximum Gasteiger partial charge on any atom is 0.326 e. The minimum atomic E-state index is -0.553. The van der Waals surface area contributed by atoms with E-state index in [2.05, 4.69) is 15.3 Å². The summed E-state index contributed by atoms with van der Waals surface area (Å²) in [5, 5.41) is 4.15. The molecule has 39 heavy (non-hydrogen) atoms. The van der Waals surface area contributed by atoms with Crippen molar-refractivity contribution in [1.29, 1.82) is 0 Å². The number of esters is 1. The second kappa shape index (κ2) is 11.7. The van der Waals surface area contributed by atoms with Gasteiger partial charge in [-0.05, 0) is 60.9 Å². The molecule has 0 amide bonds. The molecule has 10 heteroatoms. The van der Waals surface area contributed by atoms with Crippen LogP contribution in [0.4, 0.5) is 15.9 Å². The van der Waals surface area contributed by atoms with Gasteiger partial charge in [0.05, 0.1) is 22.0 Å². The van der Waals surface area contributed by atoms with Gasteiger partial charge in [0.1, 0.15) is 35.5 Å². The lowest BCUT2D eigenvalue weighted by Gasteiger charge is -2.23. The van der Waals surface area contributed by atoms with Gasteiger partial charge in [0, 0.05) is 25.5 Å².